The lowest BCUT2D eigenvalue weighted by Gasteiger charge is -2.09. The van der Waals surface area contributed by atoms with Crippen molar-refractivity contribution in [1.29, 1.82) is 0 Å². The Balaban J connectivity index is 1.27. The molecule has 45 heavy (non-hydrogen) atoms. The third kappa shape index (κ3) is 3.41. The molecule has 0 N–H and O–H groups in total. The minimum atomic E-state index is 0.933. The van der Waals surface area contributed by atoms with E-state index in [9.17, 15) is 0 Å². The summed E-state index contributed by atoms with van der Waals surface area (Å²) in [7, 11) is 0. The average Bonchev–Trinajstić information content (AvgIpc) is 3.76. The highest BCUT2D eigenvalue weighted by molar-refractivity contribution is 6.28. The molecule has 0 aliphatic heterocycles. The van der Waals surface area contributed by atoms with E-state index in [2.05, 4.69) is 167 Å². The van der Waals surface area contributed by atoms with E-state index >= 15 is 0 Å². The summed E-state index contributed by atoms with van der Waals surface area (Å²) in [5, 5.41) is 6.95. The molecule has 3 heteroatoms. The summed E-state index contributed by atoms with van der Waals surface area (Å²) in [6.45, 7) is 0. The van der Waals surface area contributed by atoms with E-state index in [0.717, 1.165) is 55.1 Å². The topological polar surface area (TPSA) is 23.0 Å². The van der Waals surface area contributed by atoms with Crippen molar-refractivity contribution >= 4 is 65.6 Å². The second-order valence-corrected chi connectivity index (χ2v) is 11.7. The molecule has 3 nitrogen and oxygen atoms in total. The van der Waals surface area contributed by atoms with Crippen LogP contribution in [0.1, 0.15) is 0 Å². The van der Waals surface area contributed by atoms with Gasteiger partial charge in [0.15, 0.2) is 0 Å². The van der Waals surface area contributed by atoms with Gasteiger partial charge in [-0.2, -0.15) is 0 Å². The van der Waals surface area contributed by atoms with Gasteiger partial charge < -0.3 is 13.6 Å². The monoisotopic (exact) mass is 574 g/mol. The van der Waals surface area contributed by atoms with Gasteiger partial charge in [-0.1, -0.05) is 97.1 Å². The molecular formula is C42H26N2O. The van der Waals surface area contributed by atoms with Crippen LogP contribution in [0.3, 0.4) is 0 Å². The summed E-state index contributed by atoms with van der Waals surface area (Å²) in [6.07, 6.45) is 0. The third-order valence-corrected chi connectivity index (χ3v) is 9.32. The first-order valence-electron chi connectivity index (χ1n) is 15.4. The van der Waals surface area contributed by atoms with Gasteiger partial charge in [0, 0.05) is 32.9 Å². The summed E-state index contributed by atoms with van der Waals surface area (Å²) in [5.41, 5.74) is 11.2. The lowest BCUT2D eigenvalue weighted by molar-refractivity contribution is 0.677. The van der Waals surface area contributed by atoms with E-state index < -0.39 is 0 Å². The molecule has 0 atom stereocenters. The number of furan rings is 1. The molecule has 10 aromatic rings. The molecule has 0 bridgehead atoms. The Morgan fingerprint density at radius 1 is 0.311 bits per heavy atom. The summed E-state index contributed by atoms with van der Waals surface area (Å²) in [4.78, 5) is 0. The number of hydrogen-bond donors (Lipinski definition) is 0. The number of para-hydroxylation sites is 3. The van der Waals surface area contributed by atoms with Crippen molar-refractivity contribution in [2.45, 2.75) is 0 Å². The van der Waals surface area contributed by atoms with Crippen molar-refractivity contribution in [3.05, 3.63) is 158 Å². The third-order valence-electron chi connectivity index (χ3n) is 9.32. The molecule has 0 aliphatic carbocycles. The van der Waals surface area contributed by atoms with Crippen molar-refractivity contribution in [2.75, 3.05) is 0 Å². The van der Waals surface area contributed by atoms with Crippen molar-refractivity contribution in [3.8, 4) is 22.5 Å². The largest absolute Gasteiger partial charge is 0.455 e. The number of nitrogens with zero attached hydrogens (tertiary/aromatic N) is 2. The Morgan fingerprint density at radius 2 is 0.756 bits per heavy atom. The predicted octanol–water partition coefficient (Wildman–Crippen LogP) is 11.4. The maximum Gasteiger partial charge on any atom is 0.145 e. The zero-order chi connectivity index (χ0) is 29.5. The standard InChI is InChI=1S/C42H26N2O/c1-3-11-27(12-4-1)28-19-21-30(22-20-28)44-36-18-10-8-16-34(36)40-38(44)26-24-32-31-23-25-37-39(41(31)45-42(32)40)33-15-7-9-17-35(33)43(37)29-13-5-2-6-14-29/h1-26H. The van der Waals surface area contributed by atoms with E-state index in [4.69, 9.17) is 4.42 Å². The summed E-state index contributed by atoms with van der Waals surface area (Å²) in [5.74, 6) is 0. The summed E-state index contributed by atoms with van der Waals surface area (Å²) >= 11 is 0. The van der Waals surface area contributed by atoms with Crippen LogP contribution in [0.25, 0.3) is 88.1 Å². The van der Waals surface area contributed by atoms with Crippen LogP contribution in [0.2, 0.25) is 0 Å². The molecule has 0 fully saturated rings. The van der Waals surface area contributed by atoms with Crippen molar-refractivity contribution in [1.82, 2.24) is 9.13 Å². The Hall–Kier alpha value is -6.06. The van der Waals surface area contributed by atoms with Crippen LogP contribution in [0.15, 0.2) is 162 Å². The first kappa shape index (κ1) is 24.4. The van der Waals surface area contributed by atoms with E-state index in [0.29, 0.717) is 0 Å². The van der Waals surface area contributed by atoms with Crippen molar-refractivity contribution in [2.24, 2.45) is 0 Å². The van der Waals surface area contributed by atoms with Crippen LogP contribution in [-0.2, 0) is 0 Å². The van der Waals surface area contributed by atoms with Crippen LogP contribution >= 0.6 is 0 Å². The average molecular weight is 575 g/mol. The fourth-order valence-corrected chi connectivity index (χ4v) is 7.36. The zero-order valence-electron chi connectivity index (χ0n) is 24.3. The van der Waals surface area contributed by atoms with Crippen LogP contribution in [0, 0.1) is 0 Å². The normalized spacial score (nSPS) is 12.0. The maximum atomic E-state index is 7.04. The molecule has 0 radical (unpaired) electrons. The molecule has 210 valence electrons. The van der Waals surface area contributed by atoms with E-state index in [1.165, 1.54) is 32.9 Å². The number of aromatic nitrogens is 2. The van der Waals surface area contributed by atoms with E-state index in [-0.39, 0.29) is 0 Å². The molecular weight excluding hydrogens is 548 g/mol. The highest BCUT2D eigenvalue weighted by Gasteiger charge is 2.22. The number of rotatable bonds is 3. The van der Waals surface area contributed by atoms with Crippen LogP contribution < -0.4 is 0 Å². The van der Waals surface area contributed by atoms with Crippen molar-refractivity contribution < 1.29 is 4.42 Å². The fraction of sp³-hybridized carbons (Fsp3) is 0. The zero-order valence-corrected chi connectivity index (χ0v) is 24.3. The second-order valence-electron chi connectivity index (χ2n) is 11.7. The molecule has 0 unspecified atom stereocenters. The first-order valence-corrected chi connectivity index (χ1v) is 15.4. The number of fused-ring (bicyclic) bond motifs is 11. The molecule has 0 amide bonds. The molecule has 0 saturated heterocycles. The molecule has 0 spiro atoms. The molecule has 7 aromatic carbocycles. The molecule has 3 heterocycles. The van der Waals surface area contributed by atoms with Crippen molar-refractivity contribution in [3.63, 3.8) is 0 Å². The van der Waals surface area contributed by atoms with Gasteiger partial charge in [-0.3, -0.25) is 0 Å². The van der Waals surface area contributed by atoms with Gasteiger partial charge >= 0.3 is 0 Å². The van der Waals surface area contributed by atoms with Gasteiger partial charge in [0.25, 0.3) is 0 Å². The first-order chi connectivity index (χ1) is 22.3. The van der Waals surface area contributed by atoms with Gasteiger partial charge in [-0.15, -0.1) is 0 Å². The molecule has 0 aliphatic rings. The highest BCUT2D eigenvalue weighted by Crippen LogP contribution is 2.44. The SMILES string of the molecule is c1ccc(-c2ccc(-n3c4ccccc4c4c5oc6c(ccc7c6c6ccccc6n7-c6ccccc6)c5ccc43)cc2)cc1. The second kappa shape index (κ2) is 9.22. The Bertz CT molecular complexity index is 2730. The molecule has 0 saturated carbocycles. The highest BCUT2D eigenvalue weighted by atomic mass is 16.3. The van der Waals surface area contributed by atoms with Crippen LogP contribution in [0.5, 0.6) is 0 Å². The molecule has 3 aromatic heterocycles. The van der Waals surface area contributed by atoms with Gasteiger partial charge in [0.05, 0.1) is 32.8 Å². The lowest BCUT2D eigenvalue weighted by Crippen LogP contribution is -1.93. The minimum absolute atomic E-state index is 0.933. The fourth-order valence-electron chi connectivity index (χ4n) is 7.36. The Kier molecular flexibility index (Phi) is 5.00. The van der Waals surface area contributed by atoms with Gasteiger partial charge in [0.2, 0.25) is 0 Å². The summed E-state index contributed by atoms with van der Waals surface area (Å²) in [6, 6.07) is 56.3. The summed E-state index contributed by atoms with van der Waals surface area (Å²) < 4.78 is 11.8. The van der Waals surface area contributed by atoms with Gasteiger partial charge in [0.1, 0.15) is 11.2 Å². The van der Waals surface area contributed by atoms with E-state index in [1.807, 2.05) is 0 Å². The smallest absolute Gasteiger partial charge is 0.145 e. The lowest BCUT2D eigenvalue weighted by atomic mass is 10.1. The minimum Gasteiger partial charge on any atom is -0.455 e. The van der Waals surface area contributed by atoms with E-state index in [1.54, 1.807) is 0 Å². The van der Waals surface area contributed by atoms with Gasteiger partial charge in [-0.05, 0) is 71.8 Å². The van der Waals surface area contributed by atoms with Crippen LogP contribution in [0.4, 0.5) is 0 Å². The van der Waals surface area contributed by atoms with Gasteiger partial charge in [-0.25, -0.2) is 0 Å². The number of hydrogen-bond acceptors (Lipinski definition) is 1. The number of benzene rings is 7. The quantitative estimate of drug-likeness (QED) is 0.206. The molecule has 10 rings (SSSR count). The Labute approximate surface area is 258 Å². The maximum absolute atomic E-state index is 7.04. The van der Waals surface area contributed by atoms with Crippen LogP contribution in [-0.4, -0.2) is 9.13 Å². The Morgan fingerprint density at radius 3 is 1.31 bits per heavy atom. The predicted molar refractivity (Wildman–Crippen MR) is 188 cm³/mol.